The van der Waals surface area contributed by atoms with Gasteiger partial charge in [0, 0.05) is 6.42 Å². The maximum Gasteiger partial charge on any atom is 0.311 e. The third kappa shape index (κ3) is 4.54. The normalized spacial score (nSPS) is 11.8. The van der Waals surface area contributed by atoms with Gasteiger partial charge in [0.1, 0.15) is 5.75 Å². The second-order valence-corrected chi connectivity index (χ2v) is 4.99. The molecular weight excluding hydrogens is 248 g/mol. The van der Waals surface area contributed by atoms with Crippen LogP contribution in [0.3, 0.4) is 0 Å². The summed E-state index contributed by atoms with van der Waals surface area (Å²) in [6.45, 7) is 2.19. The number of carbonyl (C=O) groups is 1. The van der Waals surface area contributed by atoms with Gasteiger partial charge in [-0.3, -0.25) is 4.79 Å². The minimum absolute atomic E-state index is 0.156. The molecule has 0 aromatic heterocycles. The molecule has 20 heavy (non-hydrogen) atoms. The van der Waals surface area contributed by atoms with Gasteiger partial charge < -0.3 is 4.74 Å². The summed E-state index contributed by atoms with van der Waals surface area (Å²) in [7, 11) is 0. The highest BCUT2D eigenvalue weighted by Gasteiger charge is 2.08. The Hall–Kier alpha value is -2.09. The number of rotatable bonds is 6. The van der Waals surface area contributed by atoms with Crippen LogP contribution >= 0.6 is 0 Å². The quantitative estimate of drug-likeness (QED) is 0.567. The van der Waals surface area contributed by atoms with Gasteiger partial charge in [0.25, 0.3) is 0 Å². The number of esters is 1. The van der Waals surface area contributed by atoms with E-state index in [1.54, 1.807) is 12.1 Å². The van der Waals surface area contributed by atoms with E-state index >= 15 is 0 Å². The number of carbonyl (C=O) groups excluding carboxylic acids is 1. The van der Waals surface area contributed by atoms with Crippen LogP contribution in [-0.4, -0.2) is 5.97 Å². The van der Waals surface area contributed by atoms with E-state index in [4.69, 9.17) is 4.74 Å². The van der Waals surface area contributed by atoms with Crippen molar-refractivity contribution in [3.63, 3.8) is 0 Å². The zero-order chi connectivity index (χ0) is 14.2. The fourth-order valence-corrected chi connectivity index (χ4v) is 2.17. The van der Waals surface area contributed by atoms with Crippen LogP contribution in [0.1, 0.15) is 37.7 Å². The summed E-state index contributed by atoms with van der Waals surface area (Å²) in [6, 6.07) is 19.6. The minimum atomic E-state index is -0.156. The Morgan fingerprint density at radius 3 is 2.25 bits per heavy atom. The van der Waals surface area contributed by atoms with Crippen LogP contribution < -0.4 is 4.74 Å². The first-order valence-electron chi connectivity index (χ1n) is 7.06. The first kappa shape index (κ1) is 14.3. The number of hydrogen-bond acceptors (Lipinski definition) is 2. The topological polar surface area (TPSA) is 26.3 Å². The molecule has 1 atom stereocenters. The Balaban J connectivity index is 1.72. The Kier molecular flexibility index (Phi) is 5.36. The maximum atomic E-state index is 11.7. The molecule has 0 aliphatic rings. The third-order valence-electron chi connectivity index (χ3n) is 3.36. The molecule has 0 bridgehead atoms. The first-order valence-corrected chi connectivity index (χ1v) is 7.06. The highest BCUT2D eigenvalue weighted by Crippen LogP contribution is 2.21. The van der Waals surface area contributed by atoms with E-state index in [9.17, 15) is 4.79 Å². The molecule has 0 spiro atoms. The molecule has 0 fully saturated rings. The average Bonchev–Trinajstić information content (AvgIpc) is 2.49. The fourth-order valence-electron chi connectivity index (χ4n) is 2.17. The molecule has 0 N–H and O–H groups in total. The second-order valence-electron chi connectivity index (χ2n) is 4.99. The summed E-state index contributed by atoms with van der Waals surface area (Å²) >= 11 is 0. The highest BCUT2D eigenvalue weighted by molar-refractivity contribution is 5.72. The van der Waals surface area contributed by atoms with Crippen LogP contribution in [0, 0.1) is 0 Å². The Bertz CT molecular complexity index is 520. The van der Waals surface area contributed by atoms with Crippen molar-refractivity contribution in [3.8, 4) is 5.75 Å². The lowest BCUT2D eigenvalue weighted by Gasteiger charge is -2.11. The van der Waals surface area contributed by atoms with Crippen LogP contribution in [0.4, 0.5) is 0 Å². The first-order chi connectivity index (χ1) is 9.75. The Labute approximate surface area is 120 Å². The van der Waals surface area contributed by atoms with Crippen LogP contribution in [0.15, 0.2) is 60.7 Å². The van der Waals surface area contributed by atoms with Crippen LogP contribution in [0.2, 0.25) is 0 Å². The SMILES string of the molecule is CC(CCCC(=O)Oc1ccccc1)c1ccccc1. The average molecular weight is 268 g/mol. The van der Waals surface area contributed by atoms with E-state index in [2.05, 4.69) is 31.2 Å². The molecule has 2 heteroatoms. The molecule has 2 nitrogen and oxygen atoms in total. The van der Waals surface area contributed by atoms with Gasteiger partial charge in [0.05, 0.1) is 0 Å². The summed E-state index contributed by atoms with van der Waals surface area (Å²) in [5.41, 5.74) is 1.32. The molecule has 0 heterocycles. The van der Waals surface area contributed by atoms with Gasteiger partial charge >= 0.3 is 5.97 Å². The zero-order valence-electron chi connectivity index (χ0n) is 11.8. The van der Waals surface area contributed by atoms with Gasteiger partial charge in [-0.05, 0) is 36.5 Å². The molecule has 1 unspecified atom stereocenters. The predicted octanol–water partition coefficient (Wildman–Crippen LogP) is 4.57. The smallest absolute Gasteiger partial charge is 0.311 e. The van der Waals surface area contributed by atoms with Crippen LogP contribution in [0.25, 0.3) is 0 Å². The summed E-state index contributed by atoms with van der Waals surface area (Å²) < 4.78 is 5.26. The molecule has 2 rings (SSSR count). The van der Waals surface area contributed by atoms with Gasteiger partial charge in [-0.15, -0.1) is 0 Å². The van der Waals surface area contributed by atoms with Gasteiger partial charge in [0.15, 0.2) is 0 Å². The lowest BCUT2D eigenvalue weighted by Crippen LogP contribution is -2.08. The van der Waals surface area contributed by atoms with Crippen molar-refractivity contribution < 1.29 is 9.53 Å². The lowest BCUT2D eigenvalue weighted by atomic mass is 9.96. The van der Waals surface area contributed by atoms with E-state index in [1.165, 1.54) is 5.56 Å². The van der Waals surface area contributed by atoms with Gasteiger partial charge in [-0.1, -0.05) is 55.5 Å². The van der Waals surface area contributed by atoms with Crippen molar-refractivity contribution in [3.05, 3.63) is 66.2 Å². The molecule has 0 radical (unpaired) electrons. The third-order valence-corrected chi connectivity index (χ3v) is 3.36. The Morgan fingerprint density at radius 2 is 1.60 bits per heavy atom. The summed E-state index contributed by atoms with van der Waals surface area (Å²) in [5, 5.41) is 0. The predicted molar refractivity (Wildman–Crippen MR) is 80.8 cm³/mol. The van der Waals surface area contributed by atoms with Crippen molar-refractivity contribution in [1.29, 1.82) is 0 Å². The summed E-state index contributed by atoms with van der Waals surface area (Å²) in [4.78, 5) is 11.7. The number of hydrogen-bond donors (Lipinski definition) is 0. The van der Waals surface area contributed by atoms with E-state index in [1.807, 2.05) is 24.3 Å². The van der Waals surface area contributed by atoms with Crippen LogP contribution in [-0.2, 0) is 4.79 Å². The number of para-hydroxylation sites is 1. The standard InChI is InChI=1S/C18H20O2/c1-15(16-10-4-2-5-11-16)9-8-14-18(19)20-17-12-6-3-7-13-17/h2-7,10-13,15H,8-9,14H2,1H3. The summed E-state index contributed by atoms with van der Waals surface area (Å²) in [6.07, 6.45) is 2.31. The maximum absolute atomic E-state index is 11.7. The number of benzene rings is 2. The highest BCUT2D eigenvalue weighted by atomic mass is 16.5. The molecular formula is C18H20O2. The van der Waals surface area contributed by atoms with Gasteiger partial charge in [-0.25, -0.2) is 0 Å². The lowest BCUT2D eigenvalue weighted by molar-refractivity contribution is -0.134. The van der Waals surface area contributed by atoms with Crippen molar-refractivity contribution >= 4 is 5.97 Å². The van der Waals surface area contributed by atoms with Crippen molar-refractivity contribution in [2.45, 2.75) is 32.1 Å². The summed E-state index contributed by atoms with van der Waals surface area (Å²) in [5.74, 6) is 0.936. The van der Waals surface area contributed by atoms with E-state index < -0.39 is 0 Å². The van der Waals surface area contributed by atoms with E-state index in [0.29, 0.717) is 18.1 Å². The molecule has 2 aromatic rings. The number of ether oxygens (including phenoxy) is 1. The molecule has 0 aliphatic heterocycles. The largest absolute Gasteiger partial charge is 0.427 e. The fraction of sp³-hybridized carbons (Fsp3) is 0.278. The molecule has 2 aromatic carbocycles. The molecule has 0 aliphatic carbocycles. The molecule has 0 saturated heterocycles. The van der Waals surface area contributed by atoms with Crippen molar-refractivity contribution in [2.75, 3.05) is 0 Å². The monoisotopic (exact) mass is 268 g/mol. The molecule has 0 amide bonds. The van der Waals surface area contributed by atoms with Crippen molar-refractivity contribution in [2.24, 2.45) is 0 Å². The van der Waals surface area contributed by atoms with Gasteiger partial charge in [-0.2, -0.15) is 0 Å². The van der Waals surface area contributed by atoms with Crippen LogP contribution in [0.5, 0.6) is 5.75 Å². The van der Waals surface area contributed by atoms with E-state index in [0.717, 1.165) is 12.8 Å². The van der Waals surface area contributed by atoms with E-state index in [-0.39, 0.29) is 5.97 Å². The molecule has 0 saturated carbocycles. The van der Waals surface area contributed by atoms with Gasteiger partial charge in [0.2, 0.25) is 0 Å². The Morgan fingerprint density at radius 1 is 1.00 bits per heavy atom. The zero-order valence-corrected chi connectivity index (χ0v) is 11.8. The second kappa shape index (κ2) is 7.49. The molecule has 104 valence electrons. The van der Waals surface area contributed by atoms with Crippen molar-refractivity contribution in [1.82, 2.24) is 0 Å². The minimum Gasteiger partial charge on any atom is -0.427 e.